The lowest BCUT2D eigenvalue weighted by Gasteiger charge is -2.25. The first-order valence-corrected chi connectivity index (χ1v) is 13.9. The predicted octanol–water partition coefficient (Wildman–Crippen LogP) is 6.26. The Balaban J connectivity index is 1.76. The quantitative estimate of drug-likeness (QED) is 0.289. The van der Waals surface area contributed by atoms with Gasteiger partial charge in [-0.3, -0.25) is 9.10 Å². The molecule has 192 valence electrons. The van der Waals surface area contributed by atoms with Gasteiger partial charge in [0.1, 0.15) is 6.54 Å². The van der Waals surface area contributed by atoms with Crippen LogP contribution in [0, 0.1) is 0 Å². The zero-order valence-corrected chi connectivity index (χ0v) is 21.8. The van der Waals surface area contributed by atoms with Crippen molar-refractivity contribution in [3.05, 3.63) is 94.0 Å². The molecule has 12 heteroatoms. The van der Waals surface area contributed by atoms with E-state index < -0.39 is 39.9 Å². The molecular weight excluding hydrogens is 556 g/mol. The number of nitrogens with one attached hydrogen (secondary N) is 1. The van der Waals surface area contributed by atoms with Crippen LogP contribution in [0.25, 0.3) is 0 Å². The number of alkyl halides is 3. The van der Waals surface area contributed by atoms with E-state index in [1.165, 1.54) is 36.0 Å². The van der Waals surface area contributed by atoms with E-state index in [4.69, 9.17) is 23.2 Å². The lowest BCUT2D eigenvalue weighted by atomic mass is 10.2. The molecule has 0 aromatic heterocycles. The van der Waals surface area contributed by atoms with Crippen LogP contribution in [-0.4, -0.2) is 33.2 Å². The van der Waals surface area contributed by atoms with E-state index >= 15 is 0 Å². The summed E-state index contributed by atoms with van der Waals surface area (Å²) in [6.07, 6.45) is -4.73. The molecule has 0 saturated heterocycles. The number of halogens is 5. The van der Waals surface area contributed by atoms with Gasteiger partial charge in [-0.2, -0.15) is 24.9 Å². The third kappa shape index (κ3) is 7.55. The summed E-state index contributed by atoms with van der Waals surface area (Å²) < 4.78 is 67.2. The van der Waals surface area contributed by atoms with E-state index in [-0.39, 0.29) is 16.5 Å². The molecule has 0 bridgehead atoms. The number of anilines is 1. The fourth-order valence-corrected chi connectivity index (χ4v) is 5.91. The van der Waals surface area contributed by atoms with Crippen LogP contribution in [0.1, 0.15) is 11.1 Å². The van der Waals surface area contributed by atoms with E-state index in [9.17, 15) is 26.4 Å². The summed E-state index contributed by atoms with van der Waals surface area (Å²) in [7, 11) is -4.41. The Labute approximate surface area is 221 Å². The van der Waals surface area contributed by atoms with Crippen molar-refractivity contribution >= 4 is 56.6 Å². The molecule has 3 rings (SSSR count). The molecule has 0 unspecified atom stereocenters. The molecular formula is C24H21Cl2F3N2O3S2. The summed E-state index contributed by atoms with van der Waals surface area (Å²) in [4.78, 5) is 12.5. The smallest absolute Gasteiger partial charge is 0.354 e. The molecule has 1 N–H and O–H groups in total. The number of carbonyl (C=O) groups excluding carboxylic acids is 1. The number of benzene rings is 3. The highest BCUT2D eigenvalue weighted by molar-refractivity contribution is 7.98. The molecule has 3 aromatic carbocycles. The van der Waals surface area contributed by atoms with Crippen LogP contribution in [0.5, 0.6) is 0 Å². The zero-order valence-electron chi connectivity index (χ0n) is 18.6. The summed E-state index contributed by atoms with van der Waals surface area (Å²) in [6.45, 7) is -0.531. The Bertz CT molecular complexity index is 1310. The van der Waals surface area contributed by atoms with Crippen molar-refractivity contribution in [2.45, 2.75) is 16.8 Å². The monoisotopic (exact) mass is 576 g/mol. The van der Waals surface area contributed by atoms with Gasteiger partial charge in [0.15, 0.2) is 0 Å². The SMILES string of the molecule is O=C(CN(c1cc(C(F)(F)F)ccc1Cl)S(=O)(=O)c1ccccc1)NCCSCc1cccc(Cl)c1. The number of amides is 1. The maximum atomic E-state index is 13.3. The van der Waals surface area contributed by atoms with E-state index in [2.05, 4.69) is 5.32 Å². The number of carbonyl (C=O) groups is 1. The highest BCUT2D eigenvalue weighted by Gasteiger charge is 2.34. The molecule has 5 nitrogen and oxygen atoms in total. The van der Waals surface area contributed by atoms with Gasteiger partial charge >= 0.3 is 6.18 Å². The number of sulfonamides is 1. The number of thioether (sulfide) groups is 1. The number of nitrogens with zero attached hydrogens (tertiary/aromatic N) is 1. The standard InChI is InChI=1S/C24H21Cl2F3N2O3S2/c25-19-6-4-5-17(13-19)16-35-12-11-30-23(32)15-31(36(33,34)20-7-2-1-3-8-20)22-14-18(24(27,28)29)9-10-21(22)26/h1-10,13-14H,11-12,15-16H2,(H,30,32). The minimum Gasteiger partial charge on any atom is -0.354 e. The van der Waals surface area contributed by atoms with Gasteiger partial charge in [-0.25, -0.2) is 8.42 Å². The average Bonchev–Trinajstić information content (AvgIpc) is 2.82. The highest BCUT2D eigenvalue weighted by atomic mass is 35.5. The van der Waals surface area contributed by atoms with Crippen molar-refractivity contribution in [1.29, 1.82) is 0 Å². The molecule has 0 radical (unpaired) electrons. The molecule has 0 spiro atoms. The molecule has 0 saturated carbocycles. The van der Waals surface area contributed by atoms with E-state index in [1.54, 1.807) is 12.1 Å². The van der Waals surface area contributed by atoms with Gasteiger partial charge in [0.05, 0.1) is 21.2 Å². The topological polar surface area (TPSA) is 66.5 Å². The maximum absolute atomic E-state index is 13.3. The summed E-state index contributed by atoms with van der Waals surface area (Å²) in [6, 6.07) is 16.8. The van der Waals surface area contributed by atoms with Crippen molar-refractivity contribution in [2.24, 2.45) is 0 Å². The van der Waals surface area contributed by atoms with Gasteiger partial charge in [-0.15, -0.1) is 0 Å². The van der Waals surface area contributed by atoms with Gasteiger partial charge < -0.3 is 5.32 Å². The summed E-state index contributed by atoms with van der Waals surface area (Å²) >= 11 is 13.6. The minimum atomic E-state index is -4.73. The Morgan fingerprint density at radius 3 is 2.36 bits per heavy atom. The molecule has 0 aliphatic rings. The Hall–Kier alpha value is -2.40. The third-order valence-corrected chi connectivity index (χ3v) is 8.25. The molecule has 0 fully saturated rings. The van der Waals surface area contributed by atoms with E-state index in [0.717, 1.165) is 17.7 Å². The van der Waals surface area contributed by atoms with Gasteiger partial charge in [0.2, 0.25) is 5.91 Å². The molecule has 0 aliphatic carbocycles. The minimum absolute atomic E-state index is 0.191. The maximum Gasteiger partial charge on any atom is 0.416 e. The van der Waals surface area contributed by atoms with Gasteiger partial charge in [0, 0.05) is 23.1 Å². The van der Waals surface area contributed by atoms with Gasteiger partial charge in [0.25, 0.3) is 10.0 Å². The largest absolute Gasteiger partial charge is 0.416 e. The Morgan fingerprint density at radius 1 is 0.972 bits per heavy atom. The second-order valence-electron chi connectivity index (χ2n) is 7.52. The van der Waals surface area contributed by atoms with Crippen molar-refractivity contribution in [2.75, 3.05) is 23.1 Å². The molecule has 1 amide bonds. The van der Waals surface area contributed by atoms with Crippen LogP contribution in [0.2, 0.25) is 10.0 Å². The summed E-state index contributed by atoms with van der Waals surface area (Å²) in [5.74, 6) is 0.491. The van der Waals surface area contributed by atoms with Crippen molar-refractivity contribution in [3.8, 4) is 0 Å². The summed E-state index contributed by atoms with van der Waals surface area (Å²) in [5.41, 5.74) is -0.521. The lowest BCUT2D eigenvalue weighted by molar-refractivity contribution is -0.137. The van der Waals surface area contributed by atoms with Gasteiger partial charge in [-0.1, -0.05) is 53.5 Å². The third-order valence-electron chi connectivity index (χ3n) is 4.89. The van der Waals surface area contributed by atoms with Crippen molar-refractivity contribution < 1.29 is 26.4 Å². The average molecular weight is 577 g/mol. The van der Waals surface area contributed by atoms with Crippen LogP contribution in [0.3, 0.4) is 0 Å². The van der Waals surface area contributed by atoms with E-state index in [0.29, 0.717) is 26.9 Å². The predicted molar refractivity (Wildman–Crippen MR) is 138 cm³/mol. The number of rotatable bonds is 10. The molecule has 36 heavy (non-hydrogen) atoms. The Kier molecular flexibility index (Phi) is 9.57. The lowest BCUT2D eigenvalue weighted by Crippen LogP contribution is -2.41. The van der Waals surface area contributed by atoms with Crippen LogP contribution >= 0.6 is 35.0 Å². The normalized spacial score (nSPS) is 11.8. The first-order chi connectivity index (χ1) is 17.0. The van der Waals surface area contributed by atoms with Crippen LogP contribution in [-0.2, 0) is 26.7 Å². The second kappa shape index (κ2) is 12.2. The zero-order chi connectivity index (χ0) is 26.3. The Morgan fingerprint density at radius 2 is 1.69 bits per heavy atom. The van der Waals surface area contributed by atoms with Crippen molar-refractivity contribution in [1.82, 2.24) is 5.32 Å². The fourth-order valence-electron chi connectivity index (χ4n) is 3.17. The van der Waals surface area contributed by atoms with Crippen molar-refractivity contribution in [3.63, 3.8) is 0 Å². The van der Waals surface area contributed by atoms with Gasteiger partial charge in [-0.05, 0) is 48.0 Å². The number of hydrogen-bond acceptors (Lipinski definition) is 4. The first kappa shape index (κ1) is 28.2. The molecule has 0 aliphatic heterocycles. The number of hydrogen-bond donors (Lipinski definition) is 1. The summed E-state index contributed by atoms with van der Waals surface area (Å²) in [5, 5.41) is 2.99. The fraction of sp³-hybridized carbons (Fsp3) is 0.208. The molecule has 0 heterocycles. The van der Waals surface area contributed by atoms with Crippen LogP contribution < -0.4 is 9.62 Å². The molecule has 0 atom stereocenters. The van der Waals surface area contributed by atoms with Crippen LogP contribution in [0.4, 0.5) is 18.9 Å². The van der Waals surface area contributed by atoms with E-state index in [1.807, 2.05) is 18.2 Å². The first-order valence-electron chi connectivity index (χ1n) is 10.5. The second-order valence-corrected chi connectivity index (χ2v) is 11.3. The highest BCUT2D eigenvalue weighted by Crippen LogP contribution is 2.37. The molecule has 3 aromatic rings. The van der Waals surface area contributed by atoms with Crippen LogP contribution in [0.15, 0.2) is 77.7 Å².